The lowest BCUT2D eigenvalue weighted by Gasteiger charge is -2.16. The minimum absolute atomic E-state index is 0.00348. The first-order valence-corrected chi connectivity index (χ1v) is 12.2. The molecule has 204 valence electrons. The number of halogens is 4. The minimum atomic E-state index is -5.28. The van der Waals surface area contributed by atoms with Crippen LogP contribution in [0.2, 0.25) is 5.02 Å². The number of nitriles is 1. The molecule has 1 amide bonds. The summed E-state index contributed by atoms with van der Waals surface area (Å²) in [6, 6.07) is 16.1. The predicted molar refractivity (Wildman–Crippen MR) is 139 cm³/mol. The van der Waals surface area contributed by atoms with Crippen LogP contribution in [0.15, 0.2) is 60.8 Å². The molecule has 0 fully saturated rings. The number of esters is 1. The zero-order valence-corrected chi connectivity index (χ0v) is 22.0. The summed E-state index contributed by atoms with van der Waals surface area (Å²) in [5.41, 5.74) is 3.15. The summed E-state index contributed by atoms with van der Waals surface area (Å²) in [4.78, 5) is 29.0. The van der Waals surface area contributed by atoms with Gasteiger partial charge in [-0.2, -0.15) is 23.5 Å². The first kappa shape index (κ1) is 28.3. The van der Waals surface area contributed by atoms with Gasteiger partial charge in [-0.3, -0.25) is 9.78 Å². The summed E-state index contributed by atoms with van der Waals surface area (Å²) in [5, 5.41) is 16.5. The lowest BCUT2D eigenvalue weighted by atomic mass is 9.99. The van der Waals surface area contributed by atoms with Gasteiger partial charge in [-0.15, -0.1) is 0 Å². The number of alkyl halides is 3. The maximum absolute atomic E-state index is 13.2. The monoisotopic (exact) mass is 567 g/mol. The molecular formula is C28H21ClF3N5O3. The Morgan fingerprint density at radius 2 is 1.90 bits per heavy atom. The summed E-state index contributed by atoms with van der Waals surface area (Å²) >= 11 is 6.18. The van der Waals surface area contributed by atoms with E-state index in [-0.39, 0.29) is 29.1 Å². The van der Waals surface area contributed by atoms with Crippen LogP contribution in [0.4, 0.5) is 13.2 Å². The molecule has 2 aromatic heterocycles. The van der Waals surface area contributed by atoms with E-state index in [0.29, 0.717) is 33.9 Å². The standard InChI is InChI=1S/C28H21ClF3N5O3/c1-16-23(17(2)37(36-16)21-10-9-19(14-33)24(29)13-21)12-18-6-5-8-22(25(18)40-27(39)28(30,31)32)26(38)35-15-20-7-3-4-11-34-20/h3-11,13H,12,15H2,1-2H3,(H,35,38). The van der Waals surface area contributed by atoms with Gasteiger partial charge in [0.25, 0.3) is 5.91 Å². The normalized spacial score (nSPS) is 11.1. The van der Waals surface area contributed by atoms with Crippen molar-refractivity contribution in [2.24, 2.45) is 0 Å². The zero-order valence-electron chi connectivity index (χ0n) is 21.2. The van der Waals surface area contributed by atoms with Gasteiger partial charge in [0, 0.05) is 29.4 Å². The molecule has 2 aromatic carbocycles. The fraction of sp³-hybridized carbons (Fsp3) is 0.179. The molecule has 0 saturated carbocycles. The molecule has 8 nitrogen and oxygen atoms in total. The number of nitrogens with zero attached hydrogens (tertiary/aromatic N) is 4. The highest BCUT2D eigenvalue weighted by Crippen LogP contribution is 2.32. The molecule has 0 unspecified atom stereocenters. The van der Waals surface area contributed by atoms with Gasteiger partial charge in [0.2, 0.25) is 0 Å². The number of carbonyl (C=O) groups is 2. The average Bonchev–Trinajstić information content (AvgIpc) is 3.20. The van der Waals surface area contributed by atoms with Crippen molar-refractivity contribution < 1.29 is 27.5 Å². The number of rotatable bonds is 7. The second-order valence-electron chi connectivity index (χ2n) is 8.70. The maximum atomic E-state index is 13.2. The van der Waals surface area contributed by atoms with E-state index in [4.69, 9.17) is 21.6 Å². The molecule has 0 radical (unpaired) electrons. The SMILES string of the molecule is Cc1nn(-c2ccc(C#N)c(Cl)c2)c(C)c1Cc1cccc(C(=O)NCc2ccccn2)c1OC(=O)C(F)(F)F. The fourth-order valence-corrected chi connectivity index (χ4v) is 4.26. The quantitative estimate of drug-likeness (QED) is 0.237. The number of amides is 1. The molecular weight excluding hydrogens is 547 g/mol. The van der Waals surface area contributed by atoms with Crippen LogP contribution in [0.1, 0.15) is 44.1 Å². The van der Waals surface area contributed by atoms with E-state index in [0.717, 1.165) is 0 Å². The van der Waals surface area contributed by atoms with Gasteiger partial charge in [-0.25, -0.2) is 9.48 Å². The highest BCUT2D eigenvalue weighted by Gasteiger charge is 2.42. The molecule has 12 heteroatoms. The van der Waals surface area contributed by atoms with E-state index in [9.17, 15) is 22.8 Å². The summed E-state index contributed by atoms with van der Waals surface area (Å²) in [6.45, 7) is 3.48. The van der Waals surface area contributed by atoms with Gasteiger partial charge in [-0.05, 0) is 50.2 Å². The largest absolute Gasteiger partial charge is 0.491 e. The number of hydrogen-bond acceptors (Lipinski definition) is 6. The van der Waals surface area contributed by atoms with Crippen molar-refractivity contribution in [1.82, 2.24) is 20.1 Å². The molecule has 0 bridgehead atoms. The third-order valence-electron chi connectivity index (χ3n) is 6.05. The number of benzene rings is 2. The number of hydrogen-bond donors (Lipinski definition) is 1. The average molecular weight is 568 g/mol. The second-order valence-corrected chi connectivity index (χ2v) is 9.11. The van der Waals surface area contributed by atoms with Crippen LogP contribution in [0.5, 0.6) is 5.75 Å². The van der Waals surface area contributed by atoms with E-state index in [1.807, 2.05) is 6.07 Å². The molecule has 0 atom stereocenters. The topological polar surface area (TPSA) is 110 Å². The highest BCUT2D eigenvalue weighted by atomic mass is 35.5. The molecule has 0 saturated heterocycles. The second kappa shape index (κ2) is 11.6. The van der Waals surface area contributed by atoms with Crippen LogP contribution in [-0.4, -0.2) is 32.8 Å². The fourth-order valence-electron chi connectivity index (χ4n) is 4.04. The van der Waals surface area contributed by atoms with Crippen LogP contribution in [0, 0.1) is 25.2 Å². The van der Waals surface area contributed by atoms with E-state index >= 15 is 0 Å². The van der Waals surface area contributed by atoms with Crippen LogP contribution in [0.3, 0.4) is 0 Å². The summed E-state index contributed by atoms with van der Waals surface area (Å²) in [7, 11) is 0. The van der Waals surface area contributed by atoms with Crippen molar-refractivity contribution in [2.75, 3.05) is 0 Å². The van der Waals surface area contributed by atoms with Crippen LogP contribution < -0.4 is 10.1 Å². The van der Waals surface area contributed by atoms with Gasteiger partial charge in [-0.1, -0.05) is 29.8 Å². The Hall–Kier alpha value is -4.69. The molecule has 0 aliphatic rings. The van der Waals surface area contributed by atoms with Crippen molar-refractivity contribution in [3.63, 3.8) is 0 Å². The Morgan fingerprint density at radius 1 is 1.12 bits per heavy atom. The number of aromatic nitrogens is 3. The molecule has 0 aliphatic heterocycles. The molecule has 2 heterocycles. The van der Waals surface area contributed by atoms with Gasteiger partial charge in [0.1, 0.15) is 11.8 Å². The van der Waals surface area contributed by atoms with Crippen molar-refractivity contribution in [3.05, 3.63) is 105 Å². The van der Waals surface area contributed by atoms with Crippen molar-refractivity contribution in [1.29, 1.82) is 5.26 Å². The van der Waals surface area contributed by atoms with E-state index in [1.165, 1.54) is 24.4 Å². The first-order chi connectivity index (χ1) is 19.0. The van der Waals surface area contributed by atoms with Gasteiger partial charge in [0.05, 0.1) is 39.8 Å². The third-order valence-corrected chi connectivity index (χ3v) is 6.36. The Morgan fingerprint density at radius 3 is 2.55 bits per heavy atom. The van der Waals surface area contributed by atoms with Crippen LogP contribution in [-0.2, 0) is 17.8 Å². The minimum Gasteiger partial charge on any atom is -0.419 e. The summed E-state index contributed by atoms with van der Waals surface area (Å²) in [6.07, 6.45) is -3.74. The Labute approximate surface area is 232 Å². The number of carbonyl (C=O) groups excluding carboxylic acids is 2. The lowest BCUT2D eigenvalue weighted by molar-refractivity contribution is -0.189. The molecule has 4 rings (SSSR count). The molecule has 40 heavy (non-hydrogen) atoms. The zero-order chi connectivity index (χ0) is 29.0. The number of aryl methyl sites for hydroxylation is 1. The number of para-hydroxylation sites is 1. The number of nitrogens with one attached hydrogen (secondary N) is 1. The van der Waals surface area contributed by atoms with Gasteiger partial charge >= 0.3 is 12.1 Å². The number of pyridine rings is 1. The predicted octanol–water partition coefficient (Wildman–Crippen LogP) is 5.40. The Bertz CT molecular complexity index is 1630. The van der Waals surface area contributed by atoms with E-state index < -0.39 is 23.8 Å². The molecule has 1 N–H and O–H groups in total. The molecule has 0 aliphatic carbocycles. The van der Waals surface area contributed by atoms with Crippen LogP contribution >= 0.6 is 11.6 Å². The highest BCUT2D eigenvalue weighted by molar-refractivity contribution is 6.31. The Balaban J connectivity index is 1.71. The van der Waals surface area contributed by atoms with Crippen molar-refractivity contribution in [3.8, 4) is 17.5 Å². The Kier molecular flexibility index (Phi) is 8.21. The molecule has 0 spiro atoms. The lowest BCUT2D eigenvalue weighted by Crippen LogP contribution is -2.30. The molecule has 4 aromatic rings. The summed E-state index contributed by atoms with van der Waals surface area (Å²) in [5.74, 6) is -3.69. The first-order valence-electron chi connectivity index (χ1n) is 11.8. The van der Waals surface area contributed by atoms with Crippen molar-refractivity contribution in [2.45, 2.75) is 33.0 Å². The summed E-state index contributed by atoms with van der Waals surface area (Å²) < 4.78 is 45.9. The smallest absolute Gasteiger partial charge is 0.419 e. The third kappa shape index (κ3) is 6.13. The van der Waals surface area contributed by atoms with E-state index in [1.54, 1.807) is 54.9 Å². The number of ether oxygens (including phenoxy) is 1. The van der Waals surface area contributed by atoms with Gasteiger partial charge in [0.15, 0.2) is 0 Å². The van der Waals surface area contributed by atoms with Crippen molar-refractivity contribution >= 4 is 23.5 Å². The van der Waals surface area contributed by atoms with E-state index in [2.05, 4.69) is 15.4 Å². The van der Waals surface area contributed by atoms with Crippen LogP contribution in [0.25, 0.3) is 5.69 Å². The van der Waals surface area contributed by atoms with Gasteiger partial charge < -0.3 is 10.1 Å². The maximum Gasteiger partial charge on any atom is 0.491 e.